The molecule has 1 N–H and O–H groups in total. The second-order valence-electron chi connectivity index (χ2n) is 7.94. The summed E-state index contributed by atoms with van der Waals surface area (Å²) in [7, 11) is -3.16. The second-order valence-corrected chi connectivity index (χ2v) is 12.0. The van der Waals surface area contributed by atoms with Crippen molar-refractivity contribution in [1.29, 1.82) is 0 Å². The highest BCUT2D eigenvalue weighted by molar-refractivity contribution is 7.89. The van der Waals surface area contributed by atoms with Gasteiger partial charge in [-0.15, -0.1) is 0 Å². The zero-order valence-corrected chi connectivity index (χ0v) is 20.6. The summed E-state index contributed by atoms with van der Waals surface area (Å²) in [6.07, 6.45) is 2.78. The SMILES string of the molecule is COc1ccc(C(=O)NCc2ccc(S(=O)(=O)N3CCCCC3)cc2)cc1S(=O)(=O)N(C)C. The Bertz CT molecular complexity index is 1200. The zero-order valence-electron chi connectivity index (χ0n) is 18.9. The molecule has 2 aromatic carbocycles. The molecular formula is C22H29N3O6S2. The lowest BCUT2D eigenvalue weighted by Crippen LogP contribution is -2.35. The van der Waals surface area contributed by atoms with Crippen LogP contribution in [0.4, 0.5) is 0 Å². The monoisotopic (exact) mass is 495 g/mol. The van der Waals surface area contributed by atoms with Crippen LogP contribution in [-0.4, -0.2) is 65.6 Å². The smallest absolute Gasteiger partial charge is 0.251 e. The van der Waals surface area contributed by atoms with Crippen molar-refractivity contribution in [2.75, 3.05) is 34.3 Å². The minimum atomic E-state index is -3.80. The van der Waals surface area contributed by atoms with Gasteiger partial charge in [-0.25, -0.2) is 21.1 Å². The Hall–Kier alpha value is -2.47. The highest BCUT2D eigenvalue weighted by Gasteiger charge is 2.26. The van der Waals surface area contributed by atoms with E-state index in [4.69, 9.17) is 4.74 Å². The number of hydrogen-bond donors (Lipinski definition) is 1. The summed E-state index contributed by atoms with van der Waals surface area (Å²) >= 11 is 0. The normalized spacial score (nSPS) is 15.4. The topological polar surface area (TPSA) is 113 Å². The van der Waals surface area contributed by atoms with Gasteiger partial charge in [0.25, 0.3) is 5.91 Å². The molecule has 11 heteroatoms. The number of sulfonamides is 2. The van der Waals surface area contributed by atoms with E-state index in [1.165, 1.54) is 43.7 Å². The summed E-state index contributed by atoms with van der Waals surface area (Å²) in [5, 5.41) is 2.73. The summed E-state index contributed by atoms with van der Waals surface area (Å²) in [5.41, 5.74) is 0.885. The van der Waals surface area contributed by atoms with Crippen molar-refractivity contribution in [1.82, 2.24) is 13.9 Å². The quantitative estimate of drug-likeness (QED) is 0.600. The number of hydrogen-bond acceptors (Lipinski definition) is 6. The van der Waals surface area contributed by atoms with Crippen LogP contribution in [0.15, 0.2) is 52.3 Å². The Kier molecular flexibility index (Phi) is 7.78. The average molecular weight is 496 g/mol. The van der Waals surface area contributed by atoms with E-state index in [-0.39, 0.29) is 27.6 Å². The molecule has 180 valence electrons. The number of methoxy groups -OCH3 is 1. The molecule has 1 saturated heterocycles. The molecule has 0 spiro atoms. The van der Waals surface area contributed by atoms with E-state index in [1.807, 2.05) is 0 Å². The minimum absolute atomic E-state index is 0.102. The molecule has 0 radical (unpaired) electrons. The number of benzene rings is 2. The molecule has 0 aliphatic carbocycles. The minimum Gasteiger partial charge on any atom is -0.495 e. The summed E-state index contributed by atoms with van der Waals surface area (Å²) in [4.78, 5) is 12.8. The van der Waals surface area contributed by atoms with Crippen LogP contribution < -0.4 is 10.1 Å². The van der Waals surface area contributed by atoms with E-state index in [2.05, 4.69) is 5.32 Å². The van der Waals surface area contributed by atoms with Gasteiger partial charge >= 0.3 is 0 Å². The molecule has 1 aliphatic heterocycles. The Morgan fingerprint density at radius 3 is 2.21 bits per heavy atom. The number of piperidine rings is 1. The first-order valence-corrected chi connectivity index (χ1v) is 13.4. The molecule has 33 heavy (non-hydrogen) atoms. The fraction of sp³-hybridized carbons (Fsp3) is 0.409. The standard InChI is InChI=1S/C22H29N3O6S2/c1-24(2)33(29,30)21-15-18(9-12-20(21)31-3)22(26)23-16-17-7-10-19(11-8-17)32(27,28)25-13-5-4-6-14-25/h7-12,15H,4-6,13-14,16H2,1-3H3,(H,23,26). The van der Waals surface area contributed by atoms with Gasteiger partial charge in [-0.1, -0.05) is 18.6 Å². The lowest BCUT2D eigenvalue weighted by atomic mass is 10.2. The summed E-state index contributed by atoms with van der Waals surface area (Å²) < 4.78 is 58.3. The van der Waals surface area contributed by atoms with Gasteiger partial charge < -0.3 is 10.1 Å². The molecule has 1 amide bonds. The molecule has 0 atom stereocenters. The largest absolute Gasteiger partial charge is 0.495 e. The molecule has 0 aromatic heterocycles. The lowest BCUT2D eigenvalue weighted by molar-refractivity contribution is 0.0950. The van der Waals surface area contributed by atoms with Crippen LogP contribution in [0, 0.1) is 0 Å². The van der Waals surface area contributed by atoms with Crippen molar-refractivity contribution in [3.05, 3.63) is 53.6 Å². The predicted octanol–water partition coefficient (Wildman–Crippen LogP) is 2.05. The van der Waals surface area contributed by atoms with Crippen LogP contribution in [0.5, 0.6) is 5.75 Å². The van der Waals surface area contributed by atoms with Crippen molar-refractivity contribution in [2.45, 2.75) is 35.6 Å². The first kappa shape index (κ1) is 25.2. The molecule has 1 fully saturated rings. The summed E-state index contributed by atoms with van der Waals surface area (Å²) in [6, 6.07) is 10.6. The number of nitrogens with zero attached hydrogens (tertiary/aromatic N) is 2. The third-order valence-corrected chi connectivity index (χ3v) is 9.26. The van der Waals surface area contributed by atoms with Crippen LogP contribution in [-0.2, 0) is 26.6 Å². The first-order valence-electron chi connectivity index (χ1n) is 10.5. The van der Waals surface area contributed by atoms with Gasteiger partial charge in [-0.3, -0.25) is 4.79 Å². The molecule has 1 heterocycles. The van der Waals surface area contributed by atoms with Gasteiger partial charge in [0.15, 0.2) is 0 Å². The highest BCUT2D eigenvalue weighted by atomic mass is 32.2. The van der Waals surface area contributed by atoms with Crippen molar-refractivity contribution < 1.29 is 26.4 Å². The maximum atomic E-state index is 12.8. The van der Waals surface area contributed by atoms with Crippen LogP contribution in [0.3, 0.4) is 0 Å². The Labute approximate surface area is 195 Å². The summed E-state index contributed by atoms with van der Waals surface area (Å²) in [6.45, 7) is 1.23. The van der Waals surface area contributed by atoms with Crippen LogP contribution in [0.2, 0.25) is 0 Å². The first-order chi connectivity index (χ1) is 15.6. The third kappa shape index (κ3) is 5.55. The van der Waals surface area contributed by atoms with Gasteiger partial charge in [-0.05, 0) is 48.7 Å². The number of rotatable bonds is 8. The zero-order chi connectivity index (χ0) is 24.2. The molecule has 0 saturated carbocycles. The van der Waals surface area contributed by atoms with Crippen molar-refractivity contribution in [3.8, 4) is 5.75 Å². The van der Waals surface area contributed by atoms with Gasteiger partial charge in [0.2, 0.25) is 20.0 Å². The number of carbonyl (C=O) groups excluding carboxylic acids is 1. The van der Waals surface area contributed by atoms with E-state index >= 15 is 0 Å². The lowest BCUT2D eigenvalue weighted by Gasteiger charge is -2.25. The second kappa shape index (κ2) is 10.2. The molecule has 3 rings (SSSR count). The third-order valence-electron chi connectivity index (χ3n) is 5.51. The van der Waals surface area contributed by atoms with Gasteiger partial charge in [0, 0.05) is 39.3 Å². The van der Waals surface area contributed by atoms with Gasteiger partial charge in [0.05, 0.1) is 12.0 Å². The fourth-order valence-corrected chi connectivity index (χ4v) is 6.13. The Morgan fingerprint density at radius 1 is 1.00 bits per heavy atom. The van der Waals surface area contributed by atoms with E-state index in [1.54, 1.807) is 24.3 Å². The fourth-order valence-electron chi connectivity index (χ4n) is 3.53. The highest BCUT2D eigenvalue weighted by Crippen LogP contribution is 2.27. The number of ether oxygens (including phenoxy) is 1. The number of carbonyl (C=O) groups is 1. The number of nitrogens with one attached hydrogen (secondary N) is 1. The molecular weight excluding hydrogens is 466 g/mol. The van der Waals surface area contributed by atoms with E-state index in [0.29, 0.717) is 13.1 Å². The molecule has 9 nitrogen and oxygen atoms in total. The number of amides is 1. The maximum Gasteiger partial charge on any atom is 0.251 e. The van der Waals surface area contributed by atoms with Gasteiger partial charge in [-0.2, -0.15) is 4.31 Å². The maximum absolute atomic E-state index is 12.8. The Balaban J connectivity index is 1.71. The van der Waals surface area contributed by atoms with Crippen molar-refractivity contribution in [2.24, 2.45) is 0 Å². The molecule has 1 aliphatic rings. The van der Waals surface area contributed by atoms with E-state index in [9.17, 15) is 21.6 Å². The van der Waals surface area contributed by atoms with Gasteiger partial charge in [0.1, 0.15) is 10.6 Å². The van der Waals surface area contributed by atoms with Crippen molar-refractivity contribution in [3.63, 3.8) is 0 Å². The summed E-state index contributed by atoms with van der Waals surface area (Å²) in [5.74, 6) is -0.316. The Morgan fingerprint density at radius 2 is 1.64 bits per heavy atom. The van der Waals surface area contributed by atoms with Crippen molar-refractivity contribution >= 4 is 26.0 Å². The molecule has 2 aromatic rings. The molecule has 0 unspecified atom stereocenters. The van der Waals surface area contributed by atoms with E-state index in [0.717, 1.165) is 29.1 Å². The average Bonchev–Trinajstić information content (AvgIpc) is 2.82. The predicted molar refractivity (Wildman–Crippen MR) is 124 cm³/mol. The molecule has 0 bridgehead atoms. The van der Waals surface area contributed by atoms with E-state index < -0.39 is 26.0 Å². The van der Waals surface area contributed by atoms with Crippen LogP contribution in [0.25, 0.3) is 0 Å². The van der Waals surface area contributed by atoms with Crippen LogP contribution >= 0.6 is 0 Å². The van der Waals surface area contributed by atoms with Crippen LogP contribution in [0.1, 0.15) is 35.2 Å².